The molecule has 0 aromatic carbocycles. The van der Waals surface area contributed by atoms with Gasteiger partial charge in [0.25, 0.3) is 5.91 Å². The van der Waals surface area contributed by atoms with Crippen LogP contribution in [0.4, 0.5) is 0 Å². The molecule has 1 fully saturated rings. The fourth-order valence-corrected chi connectivity index (χ4v) is 1.93. The van der Waals surface area contributed by atoms with Crippen LogP contribution in [0.5, 0.6) is 0 Å². The third kappa shape index (κ3) is 2.39. The van der Waals surface area contributed by atoms with Gasteiger partial charge in [-0.25, -0.2) is 0 Å². The van der Waals surface area contributed by atoms with Crippen molar-refractivity contribution in [2.75, 3.05) is 13.1 Å². The van der Waals surface area contributed by atoms with Crippen molar-refractivity contribution in [3.63, 3.8) is 0 Å². The maximum atomic E-state index is 11.9. The molecule has 2 heterocycles. The normalized spacial score (nSPS) is 18.2. The molecule has 16 heavy (non-hydrogen) atoms. The third-order valence-corrected chi connectivity index (χ3v) is 2.86. The summed E-state index contributed by atoms with van der Waals surface area (Å²) in [5, 5.41) is 9.90. The lowest BCUT2D eigenvalue weighted by Crippen LogP contribution is -2.38. The molecule has 1 aliphatic rings. The number of amides is 1. The number of nitrogens with zero attached hydrogens (tertiary/aromatic N) is 2. The Labute approximate surface area is 94.9 Å². The van der Waals surface area contributed by atoms with Crippen LogP contribution < -0.4 is 0 Å². The van der Waals surface area contributed by atoms with Crippen molar-refractivity contribution in [1.29, 1.82) is 0 Å². The van der Waals surface area contributed by atoms with Crippen molar-refractivity contribution in [3.05, 3.63) is 30.1 Å². The highest BCUT2D eigenvalue weighted by molar-refractivity contribution is 5.82. The van der Waals surface area contributed by atoms with E-state index in [4.69, 9.17) is 0 Å². The van der Waals surface area contributed by atoms with Gasteiger partial charge in [0, 0.05) is 19.3 Å². The van der Waals surface area contributed by atoms with Crippen LogP contribution in [0.15, 0.2) is 18.3 Å². The Hall–Kier alpha value is -1.42. The Morgan fingerprint density at radius 1 is 1.44 bits per heavy atom. The van der Waals surface area contributed by atoms with Crippen LogP contribution in [-0.2, 0) is 4.79 Å². The summed E-state index contributed by atoms with van der Waals surface area (Å²) in [5.41, 5.74) is 0.561. The molecule has 0 saturated carbocycles. The topological polar surface area (TPSA) is 53.4 Å². The number of rotatable bonds is 2. The van der Waals surface area contributed by atoms with E-state index in [-0.39, 0.29) is 5.91 Å². The van der Waals surface area contributed by atoms with E-state index in [1.807, 2.05) is 0 Å². The first kappa shape index (κ1) is 11.1. The summed E-state index contributed by atoms with van der Waals surface area (Å²) < 4.78 is 0. The van der Waals surface area contributed by atoms with Crippen molar-refractivity contribution < 1.29 is 9.90 Å². The molecular weight excluding hydrogens is 204 g/mol. The van der Waals surface area contributed by atoms with E-state index in [1.165, 1.54) is 12.6 Å². The van der Waals surface area contributed by atoms with E-state index < -0.39 is 6.10 Å². The lowest BCUT2D eigenvalue weighted by molar-refractivity contribution is -0.141. The van der Waals surface area contributed by atoms with Crippen LogP contribution in [0.1, 0.15) is 30.9 Å². The van der Waals surface area contributed by atoms with Crippen LogP contribution >= 0.6 is 0 Å². The van der Waals surface area contributed by atoms with E-state index >= 15 is 0 Å². The molecule has 1 aliphatic heterocycles. The minimum absolute atomic E-state index is 0.209. The average molecular weight is 219 g/mol. The predicted molar refractivity (Wildman–Crippen MR) is 58.5 cm³/mol. The Kier molecular flexibility index (Phi) is 3.51. The quantitative estimate of drug-likeness (QED) is 0.805. The van der Waals surface area contributed by atoms with E-state index in [0.29, 0.717) is 5.56 Å². The van der Waals surface area contributed by atoms with Gasteiger partial charge in [-0.1, -0.05) is 0 Å². The molecule has 1 aromatic heterocycles. The molecule has 1 aromatic rings. The van der Waals surface area contributed by atoms with Crippen LogP contribution in [0.2, 0.25) is 0 Å². The van der Waals surface area contributed by atoms with Crippen LogP contribution in [0.3, 0.4) is 0 Å². The minimum atomic E-state index is -1.07. The number of carbonyl (C=O) groups excluding carboxylic acids is 1. The fourth-order valence-electron chi connectivity index (χ4n) is 1.93. The molecule has 85 valence electrons. The number of carbonyl (C=O) groups is 1. The standard InChI is InChI=1S/C12H15N2O2/c15-11(10-4-6-13-7-5-10)12(16)14-8-2-1-3-9-14/h4-6,11,15H,1-3,8-9H2. The molecule has 1 atom stereocenters. The Morgan fingerprint density at radius 3 is 2.81 bits per heavy atom. The highest BCUT2D eigenvalue weighted by atomic mass is 16.3. The Balaban J connectivity index is 2.04. The summed E-state index contributed by atoms with van der Waals surface area (Å²) in [4.78, 5) is 17.4. The van der Waals surface area contributed by atoms with Crippen LogP contribution in [0.25, 0.3) is 0 Å². The molecule has 4 heteroatoms. The first-order chi connectivity index (χ1) is 7.79. The first-order valence-electron chi connectivity index (χ1n) is 5.58. The lowest BCUT2D eigenvalue weighted by atomic mass is 10.1. The minimum Gasteiger partial charge on any atom is -0.378 e. The number of hydrogen-bond acceptors (Lipinski definition) is 3. The number of piperidine rings is 1. The van der Waals surface area contributed by atoms with Crippen LogP contribution in [-0.4, -0.2) is 34.0 Å². The molecular formula is C12H15N2O2. The molecule has 0 aliphatic carbocycles. The molecule has 1 unspecified atom stereocenters. The van der Waals surface area contributed by atoms with E-state index in [9.17, 15) is 9.90 Å². The van der Waals surface area contributed by atoms with Crippen molar-refractivity contribution in [1.82, 2.24) is 9.88 Å². The van der Waals surface area contributed by atoms with Gasteiger partial charge in [-0.3, -0.25) is 9.78 Å². The zero-order chi connectivity index (χ0) is 11.4. The van der Waals surface area contributed by atoms with Gasteiger partial charge in [-0.05, 0) is 37.0 Å². The van der Waals surface area contributed by atoms with Gasteiger partial charge in [0.2, 0.25) is 0 Å². The molecule has 2 rings (SSSR count). The summed E-state index contributed by atoms with van der Waals surface area (Å²) in [6.07, 6.45) is 6.30. The molecule has 1 amide bonds. The fraction of sp³-hybridized carbons (Fsp3) is 0.500. The maximum absolute atomic E-state index is 11.9. The SMILES string of the molecule is O=C(C(O)c1c[c]ncc1)N1CCCCC1. The second-order valence-corrected chi connectivity index (χ2v) is 4.01. The lowest BCUT2D eigenvalue weighted by Gasteiger charge is -2.28. The maximum Gasteiger partial charge on any atom is 0.256 e. The number of hydrogen-bond donors (Lipinski definition) is 1. The van der Waals surface area contributed by atoms with Crippen LogP contribution in [0, 0.1) is 6.20 Å². The van der Waals surface area contributed by atoms with Gasteiger partial charge in [0.05, 0.1) is 6.20 Å². The molecule has 1 N–H and O–H groups in total. The summed E-state index contributed by atoms with van der Waals surface area (Å²) in [7, 11) is 0. The average Bonchev–Trinajstić information content (AvgIpc) is 2.39. The van der Waals surface area contributed by atoms with Crippen molar-refractivity contribution >= 4 is 5.91 Å². The zero-order valence-electron chi connectivity index (χ0n) is 9.09. The monoisotopic (exact) mass is 219 g/mol. The summed E-state index contributed by atoms with van der Waals surface area (Å²) in [6, 6.07) is 3.19. The summed E-state index contributed by atoms with van der Waals surface area (Å²) in [6.45, 7) is 1.51. The van der Waals surface area contributed by atoms with Crippen molar-refractivity contribution in [3.8, 4) is 0 Å². The molecule has 1 saturated heterocycles. The zero-order valence-corrected chi connectivity index (χ0v) is 9.09. The van der Waals surface area contributed by atoms with Gasteiger partial charge in [0.15, 0.2) is 6.10 Å². The molecule has 1 radical (unpaired) electrons. The first-order valence-corrected chi connectivity index (χ1v) is 5.58. The number of aliphatic hydroxyl groups is 1. The largest absolute Gasteiger partial charge is 0.378 e. The van der Waals surface area contributed by atoms with E-state index in [2.05, 4.69) is 11.2 Å². The highest BCUT2D eigenvalue weighted by Crippen LogP contribution is 2.17. The van der Waals surface area contributed by atoms with Gasteiger partial charge in [-0.2, -0.15) is 0 Å². The predicted octanol–water partition coefficient (Wildman–Crippen LogP) is 0.928. The summed E-state index contributed by atoms with van der Waals surface area (Å²) in [5.74, 6) is -0.209. The number of aliphatic hydroxyl groups excluding tert-OH is 1. The van der Waals surface area contributed by atoms with Gasteiger partial charge in [0.1, 0.15) is 0 Å². The van der Waals surface area contributed by atoms with Gasteiger partial charge >= 0.3 is 0 Å². The van der Waals surface area contributed by atoms with Crippen molar-refractivity contribution in [2.24, 2.45) is 0 Å². The molecule has 0 spiro atoms. The molecule has 4 nitrogen and oxygen atoms in total. The number of aromatic nitrogens is 1. The van der Waals surface area contributed by atoms with Gasteiger partial charge < -0.3 is 10.0 Å². The second-order valence-electron chi connectivity index (χ2n) is 4.01. The smallest absolute Gasteiger partial charge is 0.256 e. The third-order valence-electron chi connectivity index (χ3n) is 2.86. The highest BCUT2D eigenvalue weighted by Gasteiger charge is 2.24. The van der Waals surface area contributed by atoms with E-state index in [1.54, 1.807) is 17.0 Å². The van der Waals surface area contributed by atoms with Gasteiger partial charge in [-0.15, -0.1) is 0 Å². The van der Waals surface area contributed by atoms with E-state index in [0.717, 1.165) is 25.9 Å². The molecule has 0 bridgehead atoms. The second kappa shape index (κ2) is 5.07. The Morgan fingerprint density at radius 2 is 2.19 bits per heavy atom. The summed E-state index contributed by atoms with van der Waals surface area (Å²) >= 11 is 0. The number of likely N-dealkylation sites (tertiary alicyclic amines) is 1. The number of pyridine rings is 1. The Bertz CT molecular complexity index is 347. The van der Waals surface area contributed by atoms with Crippen molar-refractivity contribution in [2.45, 2.75) is 25.4 Å².